The third kappa shape index (κ3) is 2.42. The average Bonchev–Trinajstić information content (AvgIpc) is 2.80. The minimum Gasteiger partial charge on any atom is -0.323 e. The molecule has 0 amide bonds. The van der Waals surface area contributed by atoms with Crippen molar-refractivity contribution < 1.29 is 13.2 Å². The average molecular weight is 278 g/mol. The maximum absolute atomic E-state index is 12.4. The molecule has 3 aromatic rings. The fourth-order valence-corrected chi connectivity index (χ4v) is 1.76. The van der Waals surface area contributed by atoms with Crippen molar-refractivity contribution in [1.82, 2.24) is 14.6 Å². The second kappa shape index (κ2) is 4.52. The van der Waals surface area contributed by atoms with Crippen LogP contribution in [0, 0.1) is 0 Å². The normalized spacial score (nSPS) is 11.8. The highest BCUT2D eigenvalue weighted by Gasteiger charge is 2.29. The number of nitrogens with one attached hydrogen (secondary N) is 1. The summed E-state index contributed by atoms with van der Waals surface area (Å²) >= 11 is 0. The molecule has 7 heteroatoms. The zero-order valence-corrected chi connectivity index (χ0v) is 10.1. The fourth-order valence-electron chi connectivity index (χ4n) is 1.76. The van der Waals surface area contributed by atoms with Crippen molar-refractivity contribution in [2.24, 2.45) is 0 Å². The third-order valence-electron chi connectivity index (χ3n) is 2.71. The van der Waals surface area contributed by atoms with Crippen LogP contribution in [-0.4, -0.2) is 14.6 Å². The fraction of sp³-hybridized carbons (Fsp3) is 0.0769. The number of pyridine rings is 1. The minimum atomic E-state index is -4.33. The maximum atomic E-state index is 12.4. The van der Waals surface area contributed by atoms with Crippen LogP contribution in [-0.2, 0) is 6.18 Å². The summed E-state index contributed by atoms with van der Waals surface area (Å²) in [6.45, 7) is 0. The first-order chi connectivity index (χ1) is 9.52. The van der Waals surface area contributed by atoms with Crippen LogP contribution in [0.25, 0.3) is 5.65 Å². The first-order valence-electron chi connectivity index (χ1n) is 5.78. The lowest BCUT2D eigenvalue weighted by Gasteiger charge is -2.07. The van der Waals surface area contributed by atoms with Gasteiger partial charge in [0.05, 0.1) is 5.56 Å². The molecule has 20 heavy (non-hydrogen) atoms. The van der Waals surface area contributed by atoms with Gasteiger partial charge in [-0.3, -0.25) is 0 Å². The van der Waals surface area contributed by atoms with Gasteiger partial charge in [-0.05, 0) is 36.4 Å². The second-order valence-corrected chi connectivity index (χ2v) is 4.14. The van der Waals surface area contributed by atoms with E-state index in [-0.39, 0.29) is 0 Å². The van der Waals surface area contributed by atoms with E-state index in [0.29, 0.717) is 17.3 Å². The molecule has 0 fully saturated rings. The summed E-state index contributed by atoms with van der Waals surface area (Å²) in [5.41, 5.74) is 0.460. The Labute approximate surface area is 111 Å². The Morgan fingerprint density at radius 1 is 1.00 bits per heavy atom. The highest BCUT2D eigenvalue weighted by atomic mass is 19.4. The highest BCUT2D eigenvalue weighted by molar-refractivity contribution is 5.56. The zero-order chi connectivity index (χ0) is 14.2. The van der Waals surface area contributed by atoms with Crippen LogP contribution in [0.1, 0.15) is 5.56 Å². The largest absolute Gasteiger partial charge is 0.416 e. The van der Waals surface area contributed by atoms with Crippen LogP contribution >= 0.6 is 0 Å². The van der Waals surface area contributed by atoms with Gasteiger partial charge >= 0.3 is 6.18 Å². The van der Waals surface area contributed by atoms with Crippen molar-refractivity contribution >= 4 is 17.3 Å². The lowest BCUT2D eigenvalue weighted by Crippen LogP contribution is -2.04. The molecule has 102 valence electrons. The van der Waals surface area contributed by atoms with Gasteiger partial charge in [0.1, 0.15) is 0 Å². The van der Waals surface area contributed by atoms with Gasteiger partial charge in [0.2, 0.25) is 5.95 Å². The number of nitrogens with zero attached hydrogens (tertiary/aromatic N) is 3. The van der Waals surface area contributed by atoms with Gasteiger partial charge in [-0.1, -0.05) is 6.07 Å². The SMILES string of the molecule is FC(F)(F)c1ccc(Nc2nc3ccccn3n2)cc1. The van der Waals surface area contributed by atoms with E-state index < -0.39 is 11.7 Å². The van der Waals surface area contributed by atoms with Crippen LogP contribution in [0.15, 0.2) is 48.7 Å². The second-order valence-electron chi connectivity index (χ2n) is 4.14. The first-order valence-corrected chi connectivity index (χ1v) is 5.78. The van der Waals surface area contributed by atoms with E-state index in [0.717, 1.165) is 12.1 Å². The van der Waals surface area contributed by atoms with E-state index in [1.165, 1.54) is 12.1 Å². The molecule has 0 unspecified atom stereocenters. The number of aromatic nitrogens is 3. The molecule has 1 N–H and O–H groups in total. The molecular formula is C13H9F3N4. The number of hydrogen-bond acceptors (Lipinski definition) is 3. The van der Waals surface area contributed by atoms with Gasteiger partial charge in [-0.2, -0.15) is 18.2 Å². The molecule has 3 rings (SSSR count). The van der Waals surface area contributed by atoms with E-state index in [9.17, 15) is 13.2 Å². The number of rotatable bonds is 2. The predicted molar refractivity (Wildman–Crippen MR) is 67.7 cm³/mol. The summed E-state index contributed by atoms with van der Waals surface area (Å²) in [7, 11) is 0. The van der Waals surface area contributed by atoms with Crippen molar-refractivity contribution in [2.75, 3.05) is 5.32 Å². The first kappa shape index (κ1) is 12.5. The van der Waals surface area contributed by atoms with E-state index in [1.54, 1.807) is 16.8 Å². The van der Waals surface area contributed by atoms with Crippen LogP contribution in [0.4, 0.5) is 24.8 Å². The number of anilines is 2. The van der Waals surface area contributed by atoms with Crippen molar-refractivity contribution in [2.45, 2.75) is 6.18 Å². The molecule has 0 radical (unpaired) electrons. The molecule has 0 bridgehead atoms. The van der Waals surface area contributed by atoms with Gasteiger partial charge in [0.25, 0.3) is 0 Å². The Hall–Kier alpha value is -2.57. The van der Waals surface area contributed by atoms with Crippen molar-refractivity contribution in [3.8, 4) is 0 Å². The summed E-state index contributed by atoms with van der Waals surface area (Å²) in [4.78, 5) is 4.20. The molecule has 4 nitrogen and oxygen atoms in total. The van der Waals surface area contributed by atoms with Crippen LogP contribution in [0.2, 0.25) is 0 Å². The standard InChI is InChI=1S/C13H9F3N4/c14-13(15,16)9-4-6-10(7-5-9)17-12-18-11-3-1-2-8-20(11)19-12/h1-8H,(H,17,19). The summed E-state index contributed by atoms with van der Waals surface area (Å²) in [5.74, 6) is 0.330. The number of benzene rings is 1. The Morgan fingerprint density at radius 2 is 1.75 bits per heavy atom. The number of alkyl halides is 3. The molecule has 0 aliphatic heterocycles. The molecule has 0 aliphatic carbocycles. The minimum absolute atomic E-state index is 0.330. The summed E-state index contributed by atoms with van der Waals surface area (Å²) in [6.07, 6.45) is -2.60. The molecular weight excluding hydrogens is 269 g/mol. The molecule has 0 atom stereocenters. The van der Waals surface area contributed by atoms with Crippen LogP contribution in [0.5, 0.6) is 0 Å². The molecule has 0 aliphatic rings. The quantitative estimate of drug-likeness (QED) is 0.780. The van der Waals surface area contributed by atoms with Gasteiger partial charge in [-0.25, -0.2) is 4.52 Å². The lowest BCUT2D eigenvalue weighted by atomic mass is 10.2. The number of fused-ring (bicyclic) bond motifs is 1. The van der Waals surface area contributed by atoms with E-state index in [4.69, 9.17) is 0 Å². The summed E-state index contributed by atoms with van der Waals surface area (Å²) in [5, 5.41) is 7.01. The third-order valence-corrected chi connectivity index (χ3v) is 2.71. The topological polar surface area (TPSA) is 42.2 Å². The van der Waals surface area contributed by atoms with Crippen molar-refractivity contribution in [3.05, 3.63) is 54.2 Å². The molecule has 2 heterocycles. The Morgan fingerprint density at radius 3 is 2.40 bits per heavy atom. The van der Waals surface area contributed by atoms with Crippen LogP contribution in [0.3, 0.4) is 0 Å². The van der Waals surface area contributed by atoms with Gasteiger partial charge in [-0.15, -0.1) is 5.10 Å². The number of hydrogen-bond donors (Lipinski definition) is 1. The van der Waals surface area contributed by atoms with Gasteiger partial charge in [0.15, 0.2) is 5.65 Å². The van der Waals surface area contributed by atoms with Crippen molar-refractivity contribution in [1.29, 1.82) is 0 Å². The molecule has 2 aromatic heterocycles. The lowest BCUT2D eigenvalue weighted by molar-refractivity contribution is -0.137. The Balaban J connectivity index is 1.84. The Kier molecular flexibility index (Phi) is 2.81. The monoisotopic (exact) mass is 278 g/mol. The van der Waals surface area contributed by atoms with E-state index in [2.05, 4.69) is 15.4 Å². The highest BCUT2D eigenvalue weighted by Crippen LogP contribution is 2.30. The predicted octanol–water partition coefficient (Wildman–Crippen LogP) is 3.49. The maximum Gasteiger partial charge on any atom is 0.416 e. The molecule has 0 saturated carbocycles. The van der Waals surface area contributed by atoms with Gasteiger partial charge < -0.3 is 5.32 Å². The number of halogens is 3. The van der Waals surface area contributed by atoms with Crippen LogP contribution < -0.4 is 5.32 Å². The van der Waals surface area contributed by atoms with Gasteiger partial charge in [0, 0.05) is 11.9 Å². The molecule has 0 saturated heterocycles. The van der Waals surface area contributed by atoms with Crippen molar-refractivity contribution in [3.63, 3.8) is 0 Å². The van der Waals surface area contributed by atoms with E-state index >= 15 is 0 Å². The molecule has 1 aromatic carbocycles. The Bertz CT molecular complexity index is 698. The van der Waals surface area contributed by atoms with E-state index in [1.807, 2.05) is 12.1 Å². The smallest absolute Gasteiger partial charge is 0.323 e. The molecule has 0 spiro atoms. The summed E-state index contributed by atoms with van der Waals surface area (Å²) < 4.78 is 38.9. The zero-order valence-electron chi connectivity index (χ0n) is 10.1. The summed E-state index contributed by atoms with van der Waals surface area (Å²) in [6, 6.07) is 10.1.